The van der Waals surface area contributed by atoms with Gasteiger partial charge in [0.1, 0.15) is 9.84 Å². The number of aliphatic imine (C=N–C) groups is 1. The Kier molecular flexibility index (Phi) is 6.41. The Morgan fingerprint density at radius 3 is 2.48 bits per heavy atom. The Balaban J connectivity index is 1.84. The fourth-order valence-corrected chi connectivity index (χ4v) is 5.34. The third-order valence-corrected chi connectivity index (χ3v) is 6.35. The molecule has 2 unspecified atom stereocenters. The number of sulfone groups is 1. The van der Waals surface area contributed by atoms with Crippen LogP contribution in [-0.2, 0) is 14.6 Å². The van der Waals surface area contributed by atoms with E-state index in [2.05, 4.69) is 36.4 Å². The van der Waals surface area contributed by atoms with Gasteiger partial charge < -0.3 is 15.4 Å². The zero-order valence-corrected chi connectivity index (χ0v) is 17.2. The predicted molar refractivity (Wildman–Crippen MR) is 103 cm³/mol. The van der Waals surface area contributed by atoms with Gasteiger partial charge in [0, 0.05) is 44.3 Å². The smallest absolute Gasteiger partial charge is 0.191 e. The summed E-state index contributed by atoms with van der Waals surface area (Å²) < 4.78 is 29.2. The molecule has 1 aliphatic heterocycles. The Bertz CT molecular complexity index is 577. The maximum absolute atomic E-state index is 11.6. The molecule has 0 amide bonds. The largest absolute Gasteiger partial charge is 0.377 e. The van der Waals surface area contributed by atoms with Gasteiger partial charge in [-0.2, -0.15) is 0 Å². The molecule has 0 aromatic heterocycles. The van der Waals surface area contributed by atoms with Crippen molar-refractivity contribution < 1.29 is 13.2 Å². The highest BCUT2D eigenvalue weighted by atomic mass is 32.2. The van der Waals surface area contributed by atoms with E-state index in [1.807, 2.05) is 0 Å². The first kappa shape index (κ1) is 20.5. The van der Waals surface area contributed by atoms with Crippen LogP contribution in [0.3, 0.4) is 0 Å². The van der Waals surface area contributed by atoms with Crippen molar-refractivity contribution in [1.82, 2.24) is 10.6 Å². The van der Waals surface area contributed by atoms with Gasteiger partial charge >= 0.3 is 0 Å². The highest BCUT2D eigenvalue weighted by Crippen LogP contribution is 2.46. The quantitative estimate of drug-likeness (QED) is 0.548. The van der Waals surface area contributed by atoms with Crippen LogP contribution in [0.2, 0.25) is 0 Å². The average molecular weight is 374 g/mol. The van der Waals surface area contributed by atoms with E-state index in [0.29, 0.717) is 12.5 Å². The molecule has 2 aliphatic rings. The highest BCUT2D eigenvalue weighted by Gasteiger charge is 2.45. The summed E-state index contributed by atoms with van der Waals surface area (Å²) >= 11 is 0. The topological polar surface area (TPSA) is 79.8 Å². The second kappa shape index (κ2) is 7.82. The minimum Gasteiger partial charge on any atom is -0.377 e. The minimum absolute atomic E-state index is 0.104. The lowest BCUT2D eigenvalue weighted by molar-refractivity contribution is -0.0835. The fraction of sp³-hybridized carbons (Fsp3) is 0.944. The van der Waals surface area contributed by atoms with Gasteiger partial charge in [-0.05, 0) is 31.1 Å². The zero-order valence-electron chi connectivity index (χ0n) is 16.4. The van der Waals surface area contributed by atoms with Crippen molar-refractivity contribution >= 4 is 15.8 Å². The van der Waals surface area contributed by atoms with Crippen LogP contribution in [0, 0.1) is 16.7 Å². The van der Waals surface area contributed by atoms with E-state index in [-0.39, 0.29) is 22.7 Å². The summed E-state index contributed by atoms with van der Waals surface area (Å²) in [4.78, 5) is 4.29. The zero-order chi connectivity index (χ0) is 18.7. The summed E-state index contributed by atoms with van der Waals surface area (Å²) in [7, 11) is -1.19. The highest BCUT2D eigenvalue weighted by molar-refractivity contribution is 7.90. The maximum Gasteiger partial charge on any atom is 0.191 e. The lowest BCUT2D eigenvalue weighted by Crippen LogP contribution is -2.48. The molecule has 0 aromatic carbocycles. The van der Waals surface area contributed by atoms with Crippen molar-refractivity contribution in [2.75, 3.05) is 38.8 Å². The van der Waals surface area contributed by atoms with Crippen LogP contribution in [0.15, 0.2) is 4.99 Å². The van der Waals surface area contributed by atoms with Gasteiger partial charge in [0.25, 0.3) is 0 Å². The second-order valence-electron chi connectivity index (χ2n) is 8.94. The number of guanidine groups is 1. The molecule has 146 valence electrons. The SMILES string of the molecule is CN=C(NCC1CCCOC1C(C)(C)C)NCC1(CS(C)(=O)=O)CC1. The van der Waals surface area contributed by atoms with E-state index in [4.69, 9.17) is 4.74 Å². The van der Waals surface area contributed by atoms with Crippen molar-refractivity contribution in [2.24, 2.45) is 21.7 Å². The molecule has 25 heavy (non-hydrogen) atoms. The van der Waals surface area contributed by atoms with E-state index in [1.54, 1.807) is 7.05 Å². The minimum atomic E-state index is -2.94. The van der Waals surface area contributed by atoms with Crippen LogP contribution in [0.5, 0.6) is 0 Å². The Labute approximate surface area is 153 Å². The van der Waals surface area contributed by atoms with Crippen molar-refractivity contribution in [3.05, 3.63) is 0 Å². The normalized spacial score (nSPS) is 27.0. The van der Waals surface area contributed by atoms with Crippen LogP contribution < -0.4 is 10.6 Å². The van der Waals surface area contributed by atoms with Crippen LogP contribution in [0.4, 0.5) is 0 Å². The molecular weight excluding hydrogens is 338 g/mol. The maximum atomic E-state index is 11.6. The summed E-state index contributed by atoms with van der Waals surface area (Å²) in [5.74, 6) is 1.46. The summed E-state index contributed by atoms with van der Waals surface area (Å²) in [5, 5.41) is 6.74. The summed E-state index contributed by atoms with van der Waals surface area (Å²) in [6, 6.07) is 0. The molecule has 7 heteroatoms. The number of nitrogens with zero attached hydrogens (tertiary/aromatic N) is 1. The van der Waals surface area contributed by atoms with Gasteiger partial charge in [0.05, 0.1) is 11.9 Å². The van der Waals surface area contributed by atoms with Crippen LogP contribution in [-0.4, -0.2) is 59.2 Å². The van der Waals surface area contributed by atoms with Crippen LogP contribution >= 0.6 is 0 Å². The number of rotatable bonds is 6. The van der Waals surface area contributed by atoms with E-state index in [1.165, 1.54) is 6.26 Å². The van der Waals surface area contributed by atoms with Gasteiger partial charge in [-0.25, -0.2) is 8.42 Å². The molecule has 0 aromatic rings. The van der Waals surface area contributed by atoms with Crippen molar-refractivity contribution in [3.8, 4) is 0 Å². The van der Waals surface area contributed by atoms with Crippen molar-refractivity contribution in [2.45, 2.75) is 52.6 Å². The van der Waals surface area contributed by atoms with Crippen LogP contribution in [0.25, 0.3) is 0 Å². The molecule has 2 rings (SSSR count). The molecule has 1 saturated heterocycles. The molecule has 6 nitrogen and oxygen atoms in total. The molecule has 2 N–H and O–H groups in total. The van der Waals surface area contributed by atoms with E-state index in [9.17, 15) is 8.42 Å². The lowest BCUT2D eigenvalue weighted by Gasteiger charge is -2.40. The average Bonchev–Trinajstić information content (AvgIpc) is 3.24. The molecule has 0 spiro atoms. The van der Waals surface area contributed by atoms with Gasteiger partial charge in [0.15, 0.2) is 5.96 Å². The van der Waals surface area contributed by atoms with Crippen LogP contribution in [0.1, 0.15) is 46.5 Å². The van der Waals surface area contributed by atoms with Gasteiger partial charge in [-0.1, -0.05) is 20.8 Å². The Hall–Kier alpha value is -0.820. The molecule has 0 bridgehead atoms. The summed E-state index contributed by atoms with van der Waals surface area (Å²) in [6.45, 7) is 9.00. The van der Waals surface area contributed by atoms with E-state index >= 15 is 0 Å². The first-order valence-corrected chi connectivity index (χ1v) is 11.3. The molecule has 2 fully saturated rings. The number of nitrogens with one attached hydrogen (secondary N) is 2. The Morgan fingerprint density at radius 2 is 1.96 bits per heavy atom. The first-order chi connectivity index (χ1) is 11.5. The summed E-state index contributed by atoms with van der Waals surface area (Å²) in [6.07, 6.45) is 5.74. The van der Waals surface area contributed by atoms with E-state index < -0.39 is 9.84 Å². The van der Waals surface area contributed by atoms with Crippen molar-refractivity contribution in [3.63, 3.8) is 0 Å². The third kappa shape index (κ3) is 6.44. The molecule has 1 heterocycles. The Morgan fingerprint density at radius 1 is 1.28 bits per heavy atom. The predicted octanol–water partition coefficient (Wildman–Crippen LogP) is 1.82. The van der Waals surface area contributed by atoms with Gasteiger partial charge in [-0.3, -0.25) is 4.99 Å². The number of hydrogen-bond donors (Lipinski definition) is 2. The fourth-order valence-electron chi connectivity index (χ4n) is 3.83. The second-order valence-corrected chi connectivity index (χ2v) is 11.1. The van der Waals surface area contributed by atoms with Gasteiger partial charge in [-0.15, -0.1) is 0 Å². The molecular formula is C18H35N3O3S. The summed E-state index contributed by atoms with van der Waals surface area (Å²) in [5.41, 5.74) is 0.0182. The van der Waals surface area contributed by atoms with Crippen molar-refractivity contribution in [1.29, 1.82) is 0 Å². The first-order valence-electron chi connectivity index (χ1n) is 9.29. The molecule has 1 aliphatic carbocycles. The standard InChI is InChI=1S/C18H35N3O3S/c1-17(2,3)15-14(7-6-10-24-15)11-20-16(19-4)21-12-18(8-9-18)13-25(5,22)23/h14-15H,6-13H2,1-5H3,(H2,19,20,21). The number of ether oxygens (including phenoxy) is 1. The number of hydrogen-bond acceptors (Lipinski definition) is 4. The molecule has 2 atom stereocenters. The molecule has 0 radical (unpaired) electrons. The monoisotopic (exact) mass is 373 g/mol. The third-order valence-electron chi connectivity index (χ3n) is 5.21. The lowest BCUT2D eigenvalue weighted by atomic mass is 9.78. The van der Waals surface area contributed by atoms with E-state index in [0.717, 1.165) is 44.8 Å². The van der Waals surface area contributed by atoms with Gasteiger partial charge in [0.2, 0.25) is 0 Å². The molecule has 1 saturated carbocycles.